The first kappa shape index (κ1) is 25.5. The number of imidazole rings is 1. The minimum Gasteiger partial charge on any atom is -0.321 e. The summed E-state index contributed by atoms with van der Waals surface area (Å²) in [4.78, 5) is 18.1. The van der Waals surface area contributed by atoms with E-state index >= 15 is 0 Å². The quantitative estimate of drug-likeness (QED) is 0.136. The van der Waals surface area contributed by atoms with Crippen LogP contribution in [0.2, 0.25) is 10.0 Å². The van der Waals surface area contributed by atoms with Crippen LogP contribution >= 0.6 is 23.2 Å². The number of amidine groups is 1. The highest BCUT2D eigenvalue weighted by molar-refractivity contribution is 6.37. The van der Waals surface area contributed by atoms with Crippen molar-refractivity contribution in [1.29, 1.82) is 0 Å². The molecule has 0 atom stereocenters. The number of nitrogens with one attached hydrogen (secondary N) is 1. The van der Waals surface area contributed by atoms with E-state index < -0.39 is 0 Å². The molecule has 0 bridgehead atoms. The van der Waals surface area contributed by atoms with Crippen LogP contribution in [0.3, 0.4) is 0 Å². The highest BCUT2D eigenvalue weighted by atomic mass is 35.5. The number of pyridine rings is 1. The van der Waals surface area contributed by atoms with Crippen LogP contribution in [-0.4, -0.2) is 20.0 Å². The third-order valence-electron chi connectivity index (χ3n) is 5.92. The average Bonchev–Trinajstić information content (AvgIpc) is 3.19. The number of aromatic nitrogens is 3. The Hall–Kier alpha value is -3.59. The summed E-state index contributed by atoms with van der Waals surface area (Å²) in [6.45, 7) is 2.48. The minimum absolute atomic E-state index is 0.205. The molecule has 0 spiro atoms. The Balaban J connectivity index is 1.70. The number of halogens is 2. The van der Waals surface area contributed by atoms with Gasteiger partial charge in [-0.3, -0.25) is 14.1 Å². The van der Waals surface area contributed by atoms with Gasteiger partial charge in [0.15, 0.2) is 5.84 Å². The lowest BCUT2D eigenvalue weighted by atomic mass is 10.0. The van der Waals surface area contributed by atoms with Crippen molar-refractivity contribution in [1.82, 2.24) is 19.5 Å². The summed E-state index contributed by atoms with van der Waals surface area (Å²) in [6, 6.07) is 16.6. The topological polar surface area (TPSA) is 116 Å². The molecule has 0 amide bonds. The maximum atomic E-state index is 13.5. The molecule has 2 aromatic carbocycles. The Morgan fingerprint density at radius 1 is 1.08 bits per heavy atom. The smallest absolute Gasteiger partial charge is 0.321 e. The molecule has 10 heteroatoms. The molecule has 0 aliphatic rings. The fraction of sp³-hybridized carbons (Fsp3) is 0.192. The first-order valence-electron chi connectivity index (χ1n) is 11.5. The monoisotopic (exact) mass is 523 g/mol. The van der Waals surface area contributed by atoms with Crippen LogP contribution in [0.25, 0.3) is 16.9 Å². The van der Waals surface area contributed by atoms with Crippen LogP contribution < -0.4 is 22.8 Å². The van der Waals surface area contributed by atoms with E-state index in [1.807, 2.05) is 42.6 Å². The summed E-state index contributed by atoms with van der Waals surface area (Å²) in [5, 5.41) is 4.55. The number of hydrogen-bond donors (Lipinski definition) is 3. The Morgan fingerprint density at radius 3 is 2.47 bits per heavy atom. The van der Waals surface area contributed by atoms with Crippen molar-refractivity contribution in [2.24, 2.45) is 16.8 Å². The number of rotatable bonds is 8. The van der Waals surface area contributed by atoms with Gasteiger partial charge in [-0.15, -0.1) is 0 Å². The van der Waals surface area contributed by atoms with Crippen LogP contribution in [0.1, 0.15) is 36.6 Å². The molecule has 0 saturated heterocycles. The van der Waals surface area contributed by atoms with Gasteiger partial charge in [-0.2, -0.15) is 5.10 Å². The van der Waals surface area contributed by atoms with Crippen LogP contribution in [0.15, 0.2) is 76.9 Å². The van der Waals surface area contributed by atoms with Crippen molar-refractivity contribution in [3.05, 3.63) is 104 Å². The van der Waals surface area contributed by atoms with Crippen molar-refractivity contribution < 1.29 is 0 Å². The summed E-state index contributed by atoms with van der Waals surface area (Å²) < 4.78 is 3.28. The number of para-hydroxylation sites is 1. The second kappa shape index (κ2) is 11.4. The summed E-state index contributed by atoms with van der Waals surface area (Å²) in [7, 11) is 0. The number of aryl methyl sites for hydroxylation is 1. The molecule has 4 rings (SSSR count). The molecule has 2 aromatic heterocycles. The molecular formula is C26H27Cl2N7O. The molecule has 0 unspecified atom stereocenters. The second-order valence-corrected chi connectivity index (χ2v) is 9.07. The third kappa shape index (κ3) is 5.16. The second-order valence-electron chi connectivity index (χ2n) is 8.25. The molecule has 2 heterocycles. The van der Waals surface area contributed by atoms with Gasteiger partial charge < -0.3 is 11.3 Å². The average molecular weight is 524 g/mol. The maximum Gasteiger partial charge on any atom is 0.333 e. The molecule has 0 radical (unpaired) electrons. The Kier molecular flexibility index (Phi) is 8.10. The summed E-state index contributed by atoms with van der Waals surface area (Å²) in [5.41, 5.74) is 6.86. The lowest BCUT2D eigenvalue weighted by Gasteiger charge is -2.11. The van der Waals surface area contributed by atoms with E-state index in [-0.39, 0.29) is 5.69 Å². The van der Waals surface area contributed by atoms with E-state index in [1.54, 1.807) is 29.0 Å². The van der Waals surface area contributed by atoms with Gasteiger partial charge >= 0.3 is 5.69 Å². The standard InChI is InChI=1S/C26H27Cl2N7O/c1-2-3-7-18-16-35(24-21(27)10-6-11-22(24)28)26(36)34(18)15-17-12-13-23(31-14-17)19-8-4-5-9-20(19)25(32-29)33-30/h4-6,8-14,16H,2-3,7,15,29-30H2,1H3,(H,32,33). The first-order valence-corrected chi connectivity index (χ1v) is 12.3. The van der Waals surface area contributed by atoms with Gasteiger partial charge in [-0.05, 0) is 36.6 Å². The summed E-state index contributed by atoms with van der Waals surface area (Å²) >= 11 is 12.8. The van der Waals surface area contributed by atoms with Crippen molar-refractivity contribution >= 4 is 29.0 Å². The SMILES string of the molecule is CCCCc1cn(-c2c(Cl)cccc2Cl)c(=O)n1Cc1ccc(-c2ccccc2/C(=N/N)NN)nc1. The molecule has 0 fully saturated rings. The van der Waals surface area contributed by atoms with Gasteiger partial charge in [0, 0.05) is 29.2 Å². The maximum absolute atomic E-state index is 13.5. The molecule has 5 N–H and O–H groups in total. The Labute approximate surface area is 219 Å². The number of nitrogens with zero attached hydrogens (tertiary/aromatic N) is 4. The van der Waals surface area contributed by atoms with Crippen LogP contribution in [0.5, 0.6) is 0 Å². The molecule has 0 saturated carbocycles. The number of hydrogen-bond acceptors (Lipinski definition) is 5. The largest absolute Gasteiger partial charge is 0.333 e. The number of hydrazine groups is 1. The third-order valence-corrected chi connectivity index (χ3v) is 6.53. The zero-order valence-electron chi connectivity index (χ0n) is 19.8. The van der Waals surface area contributed by atoms with Crippen molar-refractivity contribution in [3.8, 4) is 16.9 Å². The Morgan fingerprint density at radius 2 is 1.83 bits per heavy atom. The van der Waals surface area contributed by atoms with Crippen LogP contribution in [-0.2, 0) is 13.0 Å². The number of benzene rings is 2. The van der Waals surface area contributed by atoms with Crippen molar-refractivity contribution in [3.63, 3.8) is 0 Å². The predicted octanol–water partition coefficient (Wildman–Crippen LogP) is 4.48. The van der Waals surface area contributed by atoms with E-state index in [9.17, 15) is 4.79 Å². The highest BCUT2D eigenvalue weighted by Crippen LogP contribution is 2.28. The Bertz CT molecular complexity index is 1420. The van der Waals surface area contributed by atoms with Gasteiger partial charge in [0.05, 0.1) is 28.0 Å². The highest BCUT2D eigenvalue weighted by Gasteiger charge is 2.17. The number of nitrogens with two attached hydrogens (primary N) is 2. The van der Waals surface area contributed by atoms with E-state index in [0.29, 0.717) is 28.1 Å². The van der Waals surface area contributed by atoms with Crippen LogP contribution in [0, 0.1) is 0 Å². The van der Waals surface area contributed by atoms with Crippen molar-refractivity contribution in [2.75, 3.05) is 0 Å². The molecule has 8 nitrogen and oxygen atoms in total. The molecule has 36 heavy (non-hydrogen) atoms. The molecule has 0 aliphatic carbocycles. The molecule has 4 aromatic rings. The fourth-order valence-electron chi connectivity index (χ4n) is 4.09. The molecule has 186 valence electrons. The van der Waals surface area contributed by atoms with Gasteiger partial charge in [0.2, 0.25) is 0 Å². The minimum atomic E-state index is -0.205. The zero-order valence-corrected chi connectivity index (χ0v) is 21.3. The van der Waals surface area contributed by atoms with E-state index in [4.69, 9.17) is 34.9 Å². The zero-order chi connectivity index (χ0) is 25.7. The van der Waals surface area contributed by atoms with E-state index in [1.165, 1.54) is 4.57 Å². The summed E-state index contributed by atoms with van der Waals surface area (Å²) in [6.07, 6.45) is 6.31. The number of hydrazone groups is 1. The van der Waals surface area contributed by atoms with Crippen LogP contribution in [0.4, 0.5) is 0 Å². The van der Waals surface area contributed by atoms with Gasteiger partial charge in [0.25, 0.3) is 0 Å². The lowest BCUT2D eigenvalue weighted by Crippen LogP contribution is -2.32. The van der Waals surface area contributed by atoms with E-state index in [0.717, 1.165) is 47.3 Å². The normalized spacial score (nSPS) is 11.6. The van der Waals surface area contributed by atoms with Crippen molar-refractivity contribution in [2.45, 2.75) is 32.7 Å². The molecular weight excluding hydrogens is 497 g/mol. The number of unbranched alkanes of at least 4 members (excludes halogenated alkanes) is 1. The summed E-state index contributed by atoms with van der Waals surface area (Å²) in [5.74, 6) is 11.4. The van der Waals surface area contributed by atoms with Gasteiger partial charge in [-0.25, -0.2) is 10.6 Å². The van der Waals surface area contributed by atoms with Gasteiger partial charge in [-0.1, -0.05) is 72.9 Å². The fourth-order valence-corrected chi connectivity index (χ4v) is 4.67. The molecule has 0 aliphatic heterocycles. The lowest BCUT2D eigenvalue weighted by molar-refractivity contribution is 0.672. The van der Waals surface area contributed by atoms with E-state index in [2.05, 4.69) is 22.4 Å². The van der Waals surface area contributed by atoms with Gasteiger partial charge in [0.1, 0.15) is 0 Å². The first-order chi connectivity index (χ1) is 17.5. The predicted molar refractivity (Wildman–Crippen MR) is 145 cm³/mol.